The van der Waals surface area contributed by atoms with Gasteiger partial charge in [0.2, 0.25) is 0 Å². The van der Waals surface area contributed by atoms with E-state index < -0.39 is 11.6 Å². The fraction of sp³-hybridized carbons (Fsp3) is 0.588. The van der Waals surface area contributed by atoms with Crippen molar-refractivity contribution in [3.8, 4) is 0 Å². The fourth-order valence-electron chi connectivity index (χ4n) is 3.45. The molecule has 1 heterocycles. The summed E-state index contributed by atoms with van der Waals surface area (Å²) in [5.74, 6) is -0.252. The van der Waals surface area contributed by atoms with E-state index in [9.17, 15) is 14.3 Å². The number of benzene rings is 1. The number of carboxylic acid groups (broad SMARTS) is 1. The Morgan fingerprint density at radius 3 is 2.77 bits per heavy atom. The first-order chi connectivity index (χ1) is 10.3. The molecule has 1 saturated heterocycles. The molecule has 0 bridgehead atoms. The number of nitrogens with zero attached hydrogens (tertiary/aromatic N) is 1. The maximum atomic E-state index is 13.2. The maximum Gasteiger partial charge on any atom is 0.407 e. The smallest absolute Gasteiger partial charge is 0.407 e. The lowest BCUT2D eigenvalue weighted by molar-refractivity contribution is 0.0305. The van der Waals surface area contributed by atoms with Crippen molar-refractivity contribution in [3.05, 3.63) is 35.6 Å². The lowest BCUT2D eigenvalue weighted by Gasteiger charge is -2.47. The van der Waals surface area contributed by atoms with Crippen molar-refractivity contribution >= 4 is 6.09 Å². The largest absolute Gasteiger partial charge is 0.465 e. The average Bonchev–Trinajstić information content (AvgIpc) is 2.84. The van der Waals surface area contributed by atoms with E-state index in [1.165, 1.54) is 12.1 Å². The van der Waals surface area contributed by atoms with Gasteiger partial charge in [-0.05, 0) is 36.0 Å². The highest BCUT2D eigenvalue weighted by molar-refractivity contribution is 5.67. The van der Waals surface area contributed by atoms with E-state index in [0.29, 0.717) is 19.6 Å². The molecule has 1 atom stereocenters. The number of hydrogen-bond acceptors (Lipinski definition) is 2. The molecule has 4 nitrogen and oxygen atoms in total. The summed E-state index contributed by atoms with van der Waals surface area (Å²) in [5.41, 5.74) is 0.270. The van der Waals surface area contributed by atoms with E-state index in [4.69, 9.17) is 0 Å². The Labute approximate surface area is 131 Å². The summed E-state index contributed by atoms with van der Waals surface area (Å²) in [6, 6.07) is 6.47. The van der Waals surface area contributed by atoms with Gasteiger partial charge >= 0.3 is 6.09 Å². The second-order valence-electron chi connectivity index (χ2n) is 7.05. The predicted molar refractivity (Wildman–Crippen MR) is 84.3 cm³/mol. The van der Waals surface area contributed by atoms with Gasteiger partial charge in [0.05, 0.1) is 5.54 Å². The summed E-state index contributed by atoms with van der Waals surface area (Å²) in [7, 11) is 0. The zero-order valence-corrected chi connectivity index (χ0v) is 13.5. The normalized spacial score (nSPS) is 22.1. The number of nitrogens with one attached hydrogen (secondary N) is 1. The topological polar surface area (TPSA) is 52.6 Å². The van der Waals surface area contributed by atoms with E-state index in [-0.39, 0.29) is 11.2 Å². The number of rotatable bonds is 4. The van der Waals surface area contributed by atoms with Crippen LogP contribution in [0.15, 0.2) is 24.3 Å². The summed E-state index contributed by atoms with van der Waals surface area (Å²) in [6.07, 6.45) is 0.865. The van der Waals surface area contributed by atoms with Gasteiger partial charge in [-0.3, -0.25) is 0 Å². The van der Waals surface area contributed by atoms with Crippen LogP contribution in [0.3, 0.4) is 0 Å². The zero-order valence-electron chi connectivity index (χ0n) is 13.5. The molecule has 0 aromatic heterocycles. The van der Waals surface area contributed by atoms with Crippen LogP contribution in [0.2, 0.25) is 0 Å². The SMILES string of the molecule is CC(C)(C)[C@@]1(CNCc2cccc(F)c2)CCCN1C(=O)O. The quantitative estimate of drug-likeness (QED) is 0.895. The Morgan fingerprint density at radius 2 is 2.18 bits per heavy atom. The van der Waals surface area contributed by atoms with Crippen LogP contribution in [0, 0.1) is 11.2 Å². The van der Waals surface area contributed by atoms with Crippen LogP contribution >= 0.6 is 0 Å². The Bertz CT molecular complexity index is 542. The first kappa shape index (κ1) is 16.7. The monoisotopic (exact) mass is 308 g/mol. The van der Waals surface area contributed by atoms with Crippen molar-refractivity contribution in [2.75, 3.05) is 13.1 Å². The van der Waals surface area contributed by atoms with Crippen LogP contribution in [-0.4, -0.2) is 34.7 Å². The van der Waals surface area contributed by atoms with E-state index in [0.717, 1.165) is 18.4 Å². The summed E-state index contributed by atoms with van der Waals surface area (Å²) >= 11 is 0. The van der Waals surface area contributed by atoms with E-state index in [1.807, 2.05) is 6.07 Å². The molecule has 2 rings (SSSR count). The molecule has 22 heavy (non-hydrogen) atoms. The maximum absolute atomic E-state index is 13.2. The fourth-order valence-corrected chi connectivity index (χ4v) is 3.45. The second-order valence-corrected chi connectivity index (χ2v) is 7.05. The van der Waals surface area contributed by atoms with E-state index >= 15 is 0 Å². The van der Waals surface area contributed by atoms with Crippen molar-refractivity contribution in [2.45, 2.75) is 45.7 Å². The minimum Gasteiger partial charge on any atom is -0.465 e. The molecule has 0 radical (unpaired) electrons. The third-order valence-corrected chi connectivity index (χ3v) is 4.75. The number of carbonyl (C=O) groups is 1. The van der Waals surface area contributed by atoms with Crippen LogP contribution in [0.1, 0.15) is 39.2 Å². The van der Waals surface area contributed by atoms with Crippen molar-refractivity contribution in [1.29, 1.82) is 0 Å². The number of halogens is 1. The van der Waals surface area contributed by atoms with Crippen LogP contribution in [-0.2, 0) is 6.54 Å². The summed E-state index contributed by atoms with van der Waals surface area (Å²) in [5, 5.41) is 12.8. The highest BCUT2D eigenvalue weighted by atomic mass is 19.1. The van der Waals surface area contributed by atoms with Gasteiger partial charge < -0.3 is 15.3 Å². The lowest BCUT2D eigenvalue weighted by Crippen LogP contribution is -2.60. The molecule has 1 aromatic rings. The summed E-state index contributed by atoms with van der Waals surface area (Å²) in [4.78, 5) is 13.2. The average molecular weight is 308 g/mol. The zero-order chi connectivity index (χ0) is 16.4. The van der Waals surface area contributed by atoms with Gasteiger partial charge in [-0.15, -0.1) is 0 Å². The van der Waals surface area contributed by atoms with Gasteiger partial charge in [-0.25, -0.2) is 9.18 Å². The first-order valence-electron chi connectivity index (χ1n) is 7.72. The van der Waals surface area contributed by atoms with Crippen molar-refractivity contribution in [2.24, 2.45) is 5.41 Å². The molecule has 1 fully saturated rings. The lowest BCUT2D eigenvalue weighted by atomic mass is 9.71. The minimum atomic E-state index is -0.861. The number of likely N-dealkylation sites (tertiary alicyclic amines) is 1. The second kappa shape index (κ2) is 6.24. The molecule has 1 aromatic carbocycles. The molecule has 1 amide bonds. The van der Waals surface area contributed by atoms with Crippen LogP contribution < -0.4 is 5.32 Å². The van der Waals surface area contributed by atoms with Crippen molar-refractivity contribution < 1.29 is 14.3 Å². The van der Waals surface area contributed by atoms with Gasteiger partial charge in [-0.2, -0.15) is 0 Å². The summed E-state index contributed by atoms with van der Waals surface area (Å²) < 4.78 is 13.2. The van der Waals surface area contributed by atoms with Crippen molar-refractivity contribution in [1.82, 2.24) is 10.2 Å². The van der Waals surface area contributed by atoms with Gasteiger partial charge in [0.1, 0.15) is 5.82 Å². The van der Waals surface area contributed by atoms with Gasteiger partial charge in [-0.1, -0.05) is 32.9 Å². The van der Waals surface area contributed by atoms with Crippen molar-refractivity contribution in [3.63, 3.8) is 0 Å². The molecule has 0 aliphatic carbocycles. The Hall–Kier alpha value is -1.62. The Morgan fingerprint density at radius 1 is 1.45 bits per heavy atom. The van der Waals surface area contributed by atoms with Gasteiger partial charge in [0.15, 0.2) is 0 Å². The molecule has 122 valence electrons. The van der Waals surface area contributed by atoms with E-state index in [1.54, 1.807) is 11.0 Å². The summed E-state index contributed by atoms with van der Waals surface area (Å²) in [6.45, 7) is 7.92. The highest BCUT2D eigenvalue weighted by Crippen LogP contribution is 2.43. The molecule has 5 heteroatoms. The predicted octanol–water partition coefficient (Wildman–Crippen LogP) is 3.47. The third kappa shape index (κ3) is 3.24. The molecular weight excluding hydrogens is 283 g/mol. The Kier molecular flexibility index (Phi) is 4.75. The first-order valence-corrected chi connectivity index (χ1v) is 7.72. The van der Waals surface area contributed by atoms with Crippen LogP contribution in [0.5, 0.6) is 0 Å². The molecule has 2 N–H and O–H groups in total. The standard InChI is InChI=1S/C17H25FN2O2/c1-16(2,3)17(8-5-9-20(17)15(21)22)12-19-11-13-6-4-7-14(18)10-13/h4,6-7,10,19H,5,8-9,11-12H2,1-3H3,(H,21,22)/t17-/m0/s1. The van der Waals surface area contributed by atoms with Crippen LogP contribution in [0.4, 0.5) is 9.18 Å². The molecule has 0 unspecified atom stereocenters. The third-order valence-electron chi connectivity index (χ3n) is 4.75. The van der Waals surface area contributed by atoms with Gasteiger partial charge in [0.25, 0.3) is 0 Å². The number of hydrogen-bond donors (Lipinski definition) is 2. The molecule has 0 saturated carbocycles. The Balaban J connectivity index is 2.10. The molecular formula is C17H25FN2O2. The molecule has 1 aliphatic rings. The number of amides is 1. The van der Waals surface area contributed by atoms with Crippen LogP contribution in [0.25, 0.3) is 0 Å². The highest BCUT2D eigenvalue weighted by Gasteiger charge is 2.51. The molecule has 0 spiro atoms. The minimum absolute atomic E-state index is 0.170. The van der Waals surface area contributed by atoms with E-state index in [2.05, 4.69) is 26.1 Å². The molecule has 1 aliphatic heterocycles. The van der Waals surface area contributed by atoms with Gasteiger partial charge in [0, 0.05) is 19.6 Å².